The van der Waals surface area contributed by atoms with Crippen LogP contribution in [0.1, 0.15) is 38.2 Å². The van der Waals surface area contributed by atoms with E-state index >= 15 is 0 Å². The molecule has 2 heterocycles. The predicted molar refractivity (Wildman–Crippen MR) is 89.2 cm³/mol. The van der Waals surface area contributed by atoms with Crippen LogP contribution in [0.25, 0.3) is 0 Å². The zero-order chi connectivity index (χ0) is 16.1. The molecule has 0 aromatic carbocycles. The van der Waals surface area contributed by atoms with Gasteiger partial charge in [-0.2, -0.15) is 5.10 Å². The molecule has 122 valence electrons. The van der Waals surface area contributed by atoms with Crippen molar-refractivity contribution in [3.63, 3.8) is 0 Å². The van der Waals surface area contributed by atoms with Gasteiger partial charge in [-0.05, 0) is 42.4 Å². The fourth-order valence-electron chi connectivity index (χ4n) is 2.95. The number of pyridine rings is 1. The molecular weight excluding hydrogens is 290 g/mol. The Morgan fingerprint density at radius 2 is 2.09 bits per heavy atom. The van der Waals surface area contributed by atoms with Crippen molar-refractivity contribution in [1.29, 1.82) is 0 Å². The van der Waals surface area contributed by atoms with Crippen LogP contribution in [0.15, 0.2) is 36.8 Å². The van der Waals surface area contributed by atoms with Gasteiger partial charge in [0.15, 0.2) is 5.82 Å². The molecule has 0 saturated heterocycles. The third-order valence-corrected chi connectivity index (χ3v) is 4.76. The normalized spacial score (nSPS) is 15.7. The number of urea groups is 1. The molecule has 0 bridgehead atoms. The molecule has 6 nitrogen and oxygen atoms in total. The van der Waals surface area contributed by atoms with E-state index in [0.29, 0.717) is 17.8 Å². The zero-order valence-corrected chi connectivity index (χ0v) is 13.5. The van der Waals surface area contributed by atoms with Gasteiger partial charge in [0.1, 0.15) is 0 Å². The third kappa shape index (κ3) is 3.88. The number of nitrogens with zero attached hydrogens (tertiary/aromatic N) is 3. The summed E-state index contributed by atoms with van der Waals surface area (Å²) in [6.45, 7) is 3.59. The van der Waals surface area contributed by atoms with Gasteiger partial charge < -0.3 is 5.32 Å². The molecule has 0 radical (unpaired) electrons. The Kier molecular flexibility index (Phi) is 4.60. The maximum Gasteiger partial charge on any atom is 0.320 e. The highest BCUT2D eigenvalue weighted by Gasteiger charge is 2.35. The SMILES string of the molecule is CCC1(CNC(=O)Nc2ccn(Cc3ccncc3)n2)CCC1. The number of rotatable bonds is 6. The van der Waals surface area contributed by atoms with Gasteiger partial charge >= 0.3 is 6.03 Å². The summed E-state index contributed by atoms with van der Waals surface area (Å²) in [5.41, 5.74) is 1.44. The van der Waals surface area contributed by atoms with Crippen LogP contribution in [-0.4, -0.2) is 27.3 Å². The standard InChI is InChI=1S/C17H23N5O/c1-2-17(7-3-8-17)13-19-16(23)20-15-6-11-22(21-15)12-14-4-9-18-10-5-14/h4-6,9-11H,2-3,7-8,12-13H2,1H3,(H2,19,20,21,23). The Morgan fingerprint density at radius 1 is 1.30 bits per heavy atom. The molecule has 1 aliphatic rings. The molecule has 0 aliphatic heterocycles. The van der Waals surface area contributed by atoms with Gasteiger partial charge in [0.25, 0.3) is 0 Å². The van der Waals surface area contributed by atoms with Gasteiger partial charge in [-0.25, -0.2) is 4.79 Å². The Balaban J connectivity index is 1.49. The number of aromatic nitrogens is 3. The van der Waals surface area contributed by atoms with Gasteiger partial charge in [-0.15, -0.1) is 0 Å². The number of anilines is 1. The van der Waals surface area contributed by atoms with Crippen molar-refractivity contribution in [2.45, 2.75) is 39.2 Å². The number of carbonyl (C=O) groups is 1. The number of carbonyl (C=O) groups excluding carboxylic acids is 1. The average molecular weight is 313 g/mol. The summed E-state index contributed by atoms with van der Waals surface area (Å²) in [7, 11) is 0. The van der Waals surface area contributed by atoms with E-state index in [4.69, 9.17) is 0 Å². The second-order valence-corrected chi connectivity index (χ2v) is 6.27. The maximum atomic E-state index is 12.0. The number of nitrogens with one attached hydrogen (secondary N) is 2. The number of amides is 2. The van der Waals surface area contributed by atoms with Crippen molar-refractivity contribution in [3.05, 3.63) is 42.4 Å². The zero-order valence-electron chi connectivity index (χ0n) is 13.5. The summed E-state index contributed by atoms with van der Waals surface area (Å²) in [6.07, 6.45) is 10.2. The topological polar surface area (TPSA) is 71.8 Å². The lowest BCUT2D eigenvalue weighted by molar-refractivity contribution is 0.127. The Hall–Kier alpha value is -2.37. The van der Waals surface area contributed by atoms with Gasteiger partial charge in [-0.3, -0.25) is 15.0 Å². The Bertz CT molecular complexity index is 643. The van der Waals surface area contributed by atoms with E-state index in [-0.39, 0.29) is 6.03 Å². The van der Waals surface area contributed by atoms with E-state index in [0.717, 1.165) is 18.5 Å². The molecule has 2 aromatic rings. The van der Waals surface area contributed by atoms with Crippen LogP contribution in [0.2, 0.25) is 0 Å². The lowest BCUT2D eigenvalue weighted by Crippen LogP contribution is -2.43. The smallest absolute Gasteiger partial charge is 0.320 e. The predicted octanol–water partition coefficient (Wildman–Crippen LogP) is 3.03. The van der Waals surface area contributed by atoms with Crippen molar-refractivity contribution in [2.75, 3.05) is 11.9 Å². The summed E-state index contributed by atoms with van der Waals surface area (Å²) in [5.74, 6) is 0.565. The van der Waals surface area contributed by atoms with E-state index in [2.05, 4.69) is 27.6 Å². The minimum absolute atomic E-state index is 0.182. The first kappa shape index (κ1) is 15.5. The molecule has 3 rings (SSSR count). The molecule has 1 aliphatic carbocycles. The number of hydrogen-bond acceptors (Lipinski definition) is 3. The van der Waals surface area contributed by atoms with Crippen molar-refractivity contribution >= 4 is 11.8 Å². The van der Waals surface area contributed by atoms with Crippen LogP contribution in [0, 0.1) is 5.41 Å². The van der Waals surface area contributed by atoms with E-state index in [1.165, 1.54) is 19.3 Å². The maximum absolute atomic E-state index is 12.0. The van der Waals surface area contributed by atoms with Gasteiger partial charge in [0.2, 0.25) is 0 Å². The molecule has 2 N–H and O–H groups in total. The molecule has 0 unspecified atom stereocenters. The van der Waals surface area contributed by atoms with Crippen molar-refractivity contribution < 1.29 is 4.79 Å². The minimum atomic E-state index is -0.182. The lowest BCUT2D eigenvalue weighted by atomic mass is 9.67. The van der Waals surface area contributed by atoms with Crippen molar-refractivity contribution in [1.82, 2.24) is 20.1 Å². The van der Waals surface area contributed by atoms with Crippen molar-refractivity contribution in [3.8, 4) is 0 Å². The van der Waals surface area contributed by atoms with Crippen LogP contribution in [0.3, 0.4) is 0 Å². The molecule has 1 saturated carbocycles. The fraction of sp³-hybridized carbons (Fsp3) is 0.471. The van der Waals surface area contributed by atoms with Gasteiger partial charge in [0.05, 0.1) is 6.54 Å². The lowest BCUT2D eigenvalue weighted by Gasteiger charge is -2.41. The molecular formula is C17H23N5O. The van der Waals surface area contributed by atoms with Gasteiger partial charge in [0, 0.05) is 31.2 Å². The molecule has 0 atom stereocenters. The molecule has 1 fully saturated rings. The van der Waals surface area contributed by atoms with Crippen LogP contribution in [-0.2, 0) is 6.54 Å². The van der Waals surface area contributed by atoms with Crippen LogP contribution < -0.4 is 10.6 Å². The van der Waals surface area contributed by atoms with Crippen LogP contribution in [0.4, 0.5) is 10.6 Å². The quantitative estimate of drug-likeness (QED) is 0.861. The largest absolute Gasteiger partial charge is 0.337 e. The first-order chi connectivity index (χ1) is 11.2. The van der Waals surface area contributed by atoms with Crippen LogP contribution in [0.5, 0.6) is 0 Å². The molecule has 2 amide bonds. The summed E-state index contributed by atoms with van der Waals surface area (Å²) >= 11 is 0. The molecule has 6 heteroatoms. The fourth-order valence-corrected chi connectivity index (χ4v) is 2.95. The Morgan fingerprint density at radius 3 is 2.74 bits per heavy atom. The first-order valence-corrected chi connectivity index (χ1v) is 8.16. The highest BCUT2D eigenvalue weighted by molar-refractivity contribution is 5.88. The second kappa shape index (κ2) is 6.81. The van der Waals surface area contributed by atoms with E-state index in [1.807, 2.05) is 18.3 Å². The summed E-state index contributed by atoms with van der Waals surface area (Å²) in [5, 5.41) is 10.1. The van der Waals surface area contributed by atoms with E-state index in [1.54, 1.807) is 23.1 Å². The summed E-state index contributed by atoms with van der Waals surface area (Å²) < 4.78 is 1.80. The Labute approximate surface area is 136 Å². The molecule has 23 heavy (non-hydrogen) atoms. The monoisotopic (exact) mass is 313 g/mol. The van der Waals surface area contributed by atoms with Gasteiger partial charge in [-0.1, -0.05) is 13.3 Å². The highest BCUT2D eigenvalue weighted by atomic mass is 16.2. The number of hydrogen-bond donors (Lipinski definition) is 2. The summed E-state index contributed by atoms with van der Waals surface area (Å²) in [6, 6.07) is 5.52. The highest BCUT2D eigenvalue weighted by Crippen LogP contribution is 2.42. The first-order valence-electron chi connectivity index (χ1n) is 8.16. The van der Waals surface area contributed by atoms with E-state index < -0.39 is 0 Å². The third-order valence-electron chi connectivity index (χ3n) is 4.76. The van der Waals surface area contributed by atoms with Crippen molar-refractivity contribution in [2.24, 2.45) is 5.41 Å². The van der Waals surface area contributed by atoms with Crippen LogP contribution >= 0.6 is 0 Å². The average Bonchev–Trinajstić information content (AvgIpc) is 2.94. The second-order valence-electron chi connectivity index (χ2n) is 6.27. The minimum Gasteiger partial charge on any atom is -0.337 e. The molecule has 0 spiro atoms. The molecule has 2 aromatic heterocycles. The van der Waals surface area contributed by atoms with E-state index in [9.17, 15) is 4.79 Å². The summed E-state index contributed by atoms with van der Waals surface area (Å²) in [4.78, 5) is 16.0.